The third-order valence-corrected chi connectivity index (χ3v) is 3.97. The van der Waals surface area contributed by atoms with Gasteiger partial charge in [0.25, 0.3) is 0 Å². The number of methoxy groups -OCH3 is 1. The van der Waals surface area contributed by atoms with E-state index in [0.717, 1.165) is 35.4 Å². The van der Waals surface area contributed by atoms with Crippen LogP contribution in [0.4, 0.5) is 0 Å². The van der Waals surface area contributed by atoms with Gasteiger partial charge in [0.05, 0.1) is 53.8 Å². The van der Waals surface area contributed by atoms with E-state index in [1.165, 1.54) is 0 Å². The molecule has 0 bridgehead atoms. The Morgan fingerprint density at radius 1 is 1.43 bits per heavy atom. The maximum atomic E-state index is 5.17. The molecule has 6 nitrogen and oxygen atoms in total. The fourth-order valence-corrected chi connectivity index (χ4v) is 2.82. The van der Waals surface area contributed by atoms with Crippen LogP contribution in [0, 0.1) is 0 Å². The number of halogens is 1. The smallest absolute Gasteiger partial charge is 0.0946 e. The minimum Gasteiger partial charge on any atom is -0.383 e. The summed E-state index contributed by atoms with van der Waals surface area (Å²) in [6.45, 7) is 4.44. The standard InChI is InChI=1S/C14H22BrN5O/c1-4-5-17-13(12-9-16-10-19(12)2)14-11(15)8-18-20(14)6-7-21-3/h8-10,13,17H,4-7H2,1-3H3. The van der Waals surface area contributed by atoms with E-state index < -0.39 is 0 Å². The molecule has 2 aromatic rings. The van der Waals surface area contributed by atoms with Gasteiger partial charge in [-0.3, -0.25) is 4.68 Å². The zero-order valence-electron chi connectivity index (χ0n) is 12.7. The van der Waals surface area contributed by atoms with Gasteiger partial charge in [-0.1, -0.05) is 6.92 Å². The summed E-state index contributed by atoms with van der Waals surface area (Å²) in [5, 5.41) is 8.02. The van der Waals surface area contributed by atoms with Crippen molar-refractivity contribution in [1.29, 1.82) is 0 Å². The first-order valence-corrected chi connectivity index (χ1v) is 7.88. The van der Waals surface area contributed by atoms with E-state index in [9.17, 15) is 0 Å². The molecule has 2 aromatic heterocycles. The number of ether oxygens (including phenoxy) is 1. The van der Waals surface area contributed by atoms with Crippen molar-refractivity contribution < 1.29 is 4.74 Å². The van der Waals surface area contributed by atoms with Crippen LogP contribution in [0.3, 0.4) is 0 Å². The molecule has 1 N–H and O–H groups in total. The highest BCUT2D eigenvalue weighted by atomic mass is 79.9. The van der Waals surface area contributed by atoms with Crippen LogP contribution >= 0.6 is 15.9 Å². The van der Waals surface area contributed by atoms with Gasteiger partial charge >= 0.3 is 0 Å². The second kappa shape index (κ2) is 7.72. The molecule has 0 aromatic carbocycles. The predicted octanol–water partition coefficient (Wildman–Crippen LogP) is 2.11. The average molecular weight is 356 g/mol. The van der Waals surface area contributed by atoms with Crippen molar-refractivity contribution in [2.45, 2.75) is 25.9 Å². The first-order chi connectivity index (χ1) is 10.2. The number of nitrogens with zero attached hydrogens (tertiary/aromatic N) is 4. The van der Waals surface area contributed by atoms with Gasteiger partial charge < -0.3 is 14.6 Å². The van der Waals surface area contributed by atoms with Gasteiger partial charge in [-0.15, -0.1) is 0 Å². The van der Waals surface area contributed by atoms with Gasteiger partial charge in [0.2, 0.25) is 0 Å². The maximum absolute atomic E-state index is 5.17. The second-order valence-electron chi connectivity index (χ2n) is 4.91. The van der Waals surface area contributed by atoms with Crippen molar-refractivity contribution in [2.24, 2.45) is 7.05 Å². The van der Waals surface area contributed by atoms with Gasteiger partial charge in [-0.25, -0.2) is 4.98 Å². The molecule has 21 heavy (non-hydrogen) atoms. The summed E-state index contributed by atoms with van der Waals surface area (Å²) in [5.41, 5.74) is 2.22. The monoisotopic (exact) mass is 355 g/mol. The molecular formula is C14H22BrN5O. The van der Waals surface area contributed by atoms with E-state index in [1.807, 2.05) is 35.0 Å². The molecule has 7 heteroatoms. The number of rotatable bonds is 8. The number of nitrogens with one attached hydrogen (secondary N) is 1. The van der Waals surface area contributed by atoms with Gasteiger partial charge in [-0.2, -0.15) is 5.10 Å². The lowest BCUT2D eigenvalue weighted by Gasteiger charge is -2.21. The summed E-state index contributed by atoms with van der Waals surface area (Å²) < 4.78 is 10.2. The van der Waals surface area contributed by atoms with Crippen LogP contribution in [-0.2, 0) is 18.3 Å². The number of aromatic nitrogens is 4. The first-order valence-electron chi connectivity index (χ1n) is 7.08. The molecule has 0 spiro atoms. The number of aryl methyl sites for hydroxylation is 1. The quantitative estimate of drug-likeness (QED) is 0.787. The molecule has 0 aliphatic heterocycles. The summed E-state index contributed by atoms with van der Waals surface area (Å²) in [4.78, 5) is 4.24. The van der Waals surface area contributed by atoms with Gasteiger partial charge in [-0.05, 0) is 28.9 Å². The second-order valence-corrected chi connectivity index (χ2v) is 5.76. The minimum absolute atomic E-state index is 0.0474. The Morgan fingerprint density at radius 3 is 2.86 bits per heavy atom. The van der Waals surface area contributed by atoms with E-state index in [0.29, 0.717) is 6.61 Å². The lowest BCUT2D eigenvalue weighted by molar-refractivity contribution is 0.182. The summed E-state index contributed by atoms with van der Waals surface area (Å²) in [5.74, 6) is 0. The van der Waals surface area contributed by atoms with E-state index in [-0.39, 0.29) is 6.04 Å². The Hall–Kier alpha value is -1.18. The van der Waals surface area contributed by atoms with Crippen molar-refractivity contribution in [2.75, 3.05) is 20.3 Å². The van der Waals surface area contributed by atoms with E-state index in [4.69, 9.17) is 4.74 Å². The molecule has 0 amide bonds. The summed E-state index contributed by atoms with van der Waals surface area (Å²) >= 11 is 3.62. The van der Waals surface area contributed by atoms with Crippen molar-refractivity contribution >= 4 is 15.9 Å². The third-order valence-electron chi connectivity index (χ3n) is 3.36. The number of hydrogen-bond donors (Lipinski definition) is 1. The Bertz CT molecular complexity index is 565. The van der Waals surface area contributed by atoms with Crippen LogP contribution in [0.15, 0.2) is 23.2 Å². The van der Waals surface area contributed by atoms with Crippen molar-refractivity contribution in [3.8, 4) is 0 Å². The summed E-state index contributed by atoms with van der Waals surface area (Å²) in [7, 11) is 3.71. The average Bonchev–Trinajstić information content (AvgIpc) is 3.05. The largest absolute Gasteiger partial charge is 0.383 e. The Kier molecular flexibility index (Phi) is 5.96. The highest BCUT2D eigenvalue weighted by Gasteiger charge is 2.23. The summed E-state index contributed by atoms with van der Waals surface area (Å²) in [6.07, 6.45) is 6.62. The zero-order chi connectivity index (χ0) is 15.2. The molecule has 2 rings (SSSR count). The highest BCUT2D eigenvalue weighted by Crippen LogP contribution is 2.28. The van der Waals surface area contributed by atoms with Gasteiger partial charge in [0, 0.05) is 14.2 Å². The van der Waals surface area contributed by atoms with E-state index in [2.05, 4.69) is 38.3 Å². The van der Waals surface area contributed by atoms with E-state index >= 15 is 0 Å². The predicted molar refractivity (Wildman–Crippen MR) is 85.1 cm³/mol. The van der Waals surface area contributed by atoms with Crippen LogP contribution in [0.5, 0.6) is 0 Å². The Labute approximate surface area is 133 Å². The maximum Gasteiger partial charge on any atom is 0.0946 e. The molecule has 0 aliphatic carbocycles. The Balaban J connectivity index is 2.36. The van der Waals surface area contributed by atoms with Crippen LogP contribution in [0.25, 0.3) is 0 Å². The molecular weight excluding hydrogens is 334 g/mol. The SMILES string of the molecule is CCCNC(c1cncn1C)c1c(Br)cnn1CCOC. The van der Waals surface area contributed by atoms with Crippen molar-refractivity contribution in [1.82, 2.24) is 24.6 Å². The fraction of sp³-hybridized carbons (Fsp3) is 0.571. The molecule has 0 aliphatic rings. The lowest BCUT2D eigenvalue weighted by atomic mass is 10.1. The molecule has 1 unspecified atom stereocenters. The third kappa shape index (κ3) is 3.72. The Morgan fingerprint density at radius 2 is 2.24 bits per heavy atom. The van der Waals surface area contributed by atoms with Crippen molar-refractivity contribution in [3.63, 3.8) is 0 Å². The molecule has 0 saturated carbocycles. The van der Waals surface area contributed by atoms with Gasteiger partial charge in [0.1, 0.15) is 0 Å². The topological polar surface area (TPSA) is 56.9 Å². The molecule has 0 fully saturated rings. The minimum atomic E-state index is 0.0474. The molecule has 2 heterocycles. The van der Waals surface area contributed by atoms with Crippen molar-refractivity contribution in [3.05, 3.63) is 34.6 Å². The van der Waals surface area contributed by atoms with E-state index in [1.54, 1.807) is 7.11 Å². The lowest BCUT2D eigenvalue weighted by Crippen LogP contribution is -2.28. The number of hydrogen-bond acceptors (Lipinski definition) is 4. The number of imidazole rings is 1. The van der Waals surface area contributed by atoms with Crippen LogP contribution in [0.2, 0.25) is 0 Å². The summed E-state index contributed by atoms with van der Waals surface area (Å²) in [6, 6.07) is 0.0474. The molecule has 116 valence electrons. The van der Waals surface area contributed by atoms with Crippen LogP contribution < -0.4 is 5.32 Å². The zero-order valence-corrected chi connectivity index (χ0v) is 14.3. The first kappa shape index (κ1) is 16.2. The molecule has 0 radical (unpaired) electrons. The highest BCUT2D eigenvalue weighted by molar-refractivity contribution is 9.10. The fourth-order valence-electron chi connectivity index (χ4n) is 2.29. The normalized spacial score (nSPS) is 12.8. The van der Waals surface area contributed by atoms with Crippen LogP contribution in [0.1, 0.15) is 30.8 Å². The van der Waals surface area contributed by atoms with Crippen LogP contribution in [-0.4, -0.2) is 39.6 Å². The van der Waals surface area contributed by atoms with Gasteiger partial charge in [0.15, 0.2) is 0 Å². The molecule has 0 saturated heterocycles. The molecule has 1 atom stereocenters.